The molecule has 2 aromatic carbocycles. The Morgan fingerprint density at radius 3 is 2.62 bits per heavy atom. The summed E-state index contributed by atoms with van der Waals surface area (Å²) < 4.78 is 28.4. The van der Waals surface area contributed by atoms with Crippen molar-refractivity contribution in [3.05, 3.63) is 94.7 Å². The van der Waals surface area contributed by atoms with Crippen LogP contribution < -0.4 is 10.9 Å². The minimum Gasteiger partial charge on any atom is -0.352 e. The van der Waals surface area contributed by atoms with Gasteiger partial charge in [0.25, 0.3) is 5.56 Å². The van der Waals surface area contributed by atoms with Crippen LogP contribution in [0.1, 0.15) is 10.4 Å². The highest BCUT2D eigenvalue weighted by Gasteiger charge is 2.13. The first kappa shape index (κ1) is 19.6. The highest BCUT2D eigenvalue weighted by atomic mass is 19.1. The van der Waals surface area contributed by atoms with E-state index in [1.807, 2.05) is 0 Å². The highest BCUT2D eigenvalue weighted by molar-refractivity contribution is 6.10. The van der Waals surface area contributed by atoms with Crippen molar-refractivity contribution in [2.45, 2.75) is 6.54 Å². The fraction of sp³-hybridized carbons (Fsp3) is 0.0435. The molecule has 0 unspecified atom stereocenters. The summed E-state index contributed by atoms with van der Waals surface area (Å²) in [6.07, 6.45) is 4.70. The quantitative estimate of drug-likeness (QED) is 0.322. The fourth-order valence-electron chi connectivity index (χ4n) is 3.57. The van der Waals surface area contributed by atoms with Crippen molar-refractivity contribution < 1.29 is 13.6 Å². The van der Waals surface area contributed by atoms with Crippen molar-refractivity contribution in [1.82, 2.24) is 19.7 Å². The SMILES string of the molecule is O=C(Cn1cc(Nc2ccnc3[nH]c(=O)c4ccc(F)cc4c23)cn1)c1ccc(F)cc1. The molecule has 0 saturated carbocycles. The van der Waals surface area contributed by atoms with E-state index in [2.05, 4.69) is 20.4 Å². The van der Waals surface area contributed by atoms with Crippen molar-refractivity contribution in [2.24, 2.45) is 0 Å². The van der Waals surface area contributed by atoms with Gasteiger partial charge in [0.2, 0.25) is 0 Å². The van der Waals surface area contributed by atoms with Gasteiger partial charge in [-0.2, -0.15) is 5.10 Å². The van der Waals surface area contributed by atoms with Crippen LogP contribution >= 0.6 is 0 Å². The molecule has 7 nitrogen and oxygen atoms in total. The first-order chi connectivity index (χ1) is 15.5. The molecule has 3 aromatic heterocycles. The zero-order valence-electron chi connectivity index (χ0n) is 16.5. The number of pyridine rings is 2. The monoisotopic (exact) mass is 431 g/mol. The van der Waals surface area contributed by atoms with Crippen LogP contribution in [0.25, 0.3) is 21.8 Å². The maximum absolute atomic E-state index is 13.9. The van der Waals surface area contributed by atoms with Crippen LogP contribution in [0.3, 0.4) is 0 Å². The molecular weight excluding hydrogens is 416 g/mol. The van der Waals surface area contributed by atoms with Gasteiger partial charge in [0.05, 0.1) is 17.6 Å². The first-order valence-corrected chi connectivity index (χ1v) is 9.66. The summed E-state index contributed by atoms with van der Waals surface area (Å²) in [7, 11) is 0. The number of Topliss-reactive ketones (excluding diaryl/α,β-unsaturated/α-hetero) is 1. The Balaban J connectivity index is 1.47. The predicted molar refractivity (Wildman–Crippen MR) is 116 cm³/mol. The van der Waals surface area contributed by atoms with E-state index in [-0.39, 0.29) is 17.9 Å². The number of halogens is 2. The van der Waals surface area contributed by atoms with Crippen LogP contribution in [-0.4, -0.2) is 25.5 Å². The van der Waals surface area contributed by atoms with Gasteiger partial charge in [0.15, 0.2) is 5.78 Å². The van der Waals surface area contributed by atoms with E-state index >= 15 is 0 Å². The Bertz CT molecular complexity index is 1540. The lowest BCUT2D eigenvalue weighted by molar-refractivity contribution is 0.0967. The minimum absolute atomic E-state index is 0.0220. The number of benzene rings is 2. The molecule has 3 heterocycles. The second-order valence-corrected chi connectivity index (χ2v) is 7.21. The number of aromatic amines is 1. The van der Waals surface area contributed by atoms with E-state index in [0.717, 1.165) is 0 Å². The number of nitrogens with one attached hydrogen (secondary N) is 2. The Hall–Kier alpha value is -4.40. The number of hydrogen-bond acceptors (Lipinski definition) is 5. The minimum atomic E-state index is -0.466. The van der Waals surface area contributed by atoms with Gasteiger partial charge in [-0.25, -0.2) is 13.8 Å². The molecule has 0 aliphatic carbocycles. The molecule has 5 rings (SSSR count). The second kappa shape index (κ2) is 7.69. The summed E-state index contributed by atoms with van der Waals surface area (Å²) in [5, 5.41) is 8.71. The summed E-state index contributed by atoms with van der Waals surface area (Å²) in [6.45, 7) is -0.0220. The van der Waals surface area contributed by atoms with Crippen LogP contribution in [-0.2, 0) is 6.54 Å². The van der Waals surface area contributed by atoms with Gasteiger partial charge in [0, 0.05) is 34.1 Å². The summed E-state index contributed by atoms with van der Waals surface area (Å²) in [5.74, 6) is -1.09. The number of ketones is 1. The van der Waals surface area contributed by atoms with E-state index < -0.39 is 11.6 Å². The van der Waals surface area contributed by atoms with Gasteiger partial charge in [-0.15, -0.1) is 0 Å². The largest absolute Gasteiger partial charge is 0.352 e. The van der Waals surface area contributed by atoms with Crippen molar-refractivity contribution in [1.29, 1.82) is 0 Å². The second-order valence-electron chi connectivity index (χ2n) is 7.21. The van der Waals surface area contributed by atoms with Gasteiger partial charge in [-0.05, 0) is 48.5 Å². The average molecular weight is 431 g/mol. The number of H-pyrrole nitrogens is 1. The summed E-state index contributed by atoms with van der Waals surface area (Å²) in [5.41, 5.74) is 1.52. The van der Waals surface area contributed by atoms with Crippen LogP contribution in [0.4, 0.5) is 20.2 Å². The summed E-state index contributed by atoms with van der Waals surface area (Å²) >= 11 is 0. The third kappa shape index (κ3) is 3.60. The summed E-state index contributed by atoms with van der Waals surface area (Å²) in [4.78, 5) is 31.6. The van der Waals surface area contributed by atoms with Gasteiger partial charge < -0.3 is 10.3 Å². The molecule has 0 amide bonds. The maximum atomic E-state index is 13.9. The third-order valence-electron chi connectivity index (χ3n) is 5.06. The van der Waals surface area contributed by atoms with Gasteiger partial charge in [-0.3, -0.25) is 14.3 Å². The number of rotatable bonds is 5. The molecule has 0 aliphatic heterocycles. The fourth-order valence-corrected chi connectivity index (χ4v) is 3.57. The number of carbonyl (C=O) groups is 1. The Morgan fingerprint density at radius 1 is 1.03 bits per heavy atom. The molecule has 2 N–H and O–H groups in total. The van der Waals surface area contributed by atoms with E-state index in [1.54, 1.807) is 18.5 Å². The Kier molecular flexibility index (Phi) is 4.70. The van der Waals surface area contributed by atoms with Crippen molar-refractivity contribution in [3.63, 3.8) is 0 Å². The summed E-state index contributed by atoms with van der Waals surface area (Å²) in [6, 6.07) is 11.0. The Morgan fingerprint density at radius 2 is 1.81 bits per heavy atom. The molecule has 32 heavy (non-hydrogen) atoms. The topological polar surface area (TPSA) is 92.7 Å². The molecule has 0 fully saturated rings. The molecule has 0 spiro atoms. The van der Waals surface area contributed by atoms with Crippen molar-refractivity contribution >= 4 is 39.0 Å². The molecular formula is C23H15F2N5O2. The molecule has 0 bridgehead atoms. The molecule has 158 valence electrons. The normalized spacial score (nSPS) is 11.2. The van der Waals surface area contributed by atoms with Crippen molar-refractivity contribution in [3.8, 4) is 0 Å². The molecule has 9 heteroatoms. The number of carbonyl (C=O) groups excluding carboxylic acids is 1. The van der Waals surface area contributed by atoms with Crippen molar-refractivity contribution in [2.75, 3.05) is 5.32 Å². The number of fused-ring (bicyclic) bond motifs is 3. The molecule has 0 radical (unpaired) electrons. The van der Waals surface area contributed by atoms with Gasteiger partial charge in [0.1, 0.15) is 23.8 Å². The number of anilines is 2. The Labute approximate surface area is 179 Å². The molecule has 0 saturated heterocycles. The van der Waals surface area contributed by atoms with E-state index in [1.165, 1.54) is 53.3 Å². The van der Waals surface area contributed by atoms with Crippen LogP contribution in [0.5, 0.6) is 0 Å². The third-order valence-corrected chi connectivity index (χ3v) is 5.06. The van der Waals surface area contributed by atoms with Crippen LogP contribution in [0.15, 0.2) is 71.9 Å². The zero-order chi connectivity index (χ0) is 22.2. The molecule has 5 aromatic rings. The number of hydrogen-bond donors (Lipinski definition) is 2. The number of nitrogens with zero attached hydrogens (tertiary/aromatic N) is 3. The van der Waals surface area contributed by atoms with Crippen LogP contribution in [0, 0.1) is 11.6 Å². The van der Waals surface area contributed by atoms with Gasteiger partial charge in [-0.1, -0.05) is 0 Å². The maximum Gasteiger partial charge on any atom is 0.257 e. The lowest BCUT2D eigenvalue weighted by Gasteiger charge is -2.10. The zero-order valence-corrected chi connectivity index (χ0v) is 16.5. The average Bonchev–Trinajstić information content (AvgIpc) is 3.20. The predicted octanol–water partition coefficient (Wildman–Crippen LogP) is 4.18. The molecule has 0 atom stereocenters. The first-order valence-electron chi connectivity index (χ1n) is 9.66. The highest BCUT2D eigenvalue weighted by Crippen LogP contribution is 2.29. The van der Waals surface area contributed by atoms with E-state index in [0.29, 0.717) is 38.7 Å². The van der Waals surface area contributed by atoms with Crippen LogP contribution in [0.2, 0.25) is 0 Å². The molecule has 0 aliphatic rings. The van der Waals surface area contributed by atoms with Gasteiger partial charge >= 0.3 is 0 Å². The standard InChI is InChI=1S/C23H15F2N5O2/c24-14-3-1-13(2-4-14)20(31)12-30-11-16(10-27-30)28-19-7-8-26-22-21(19)18-9-15(25)5-6-17(18)23(32)29-22/h1-11H,12H2,(H2,26,28,29,32). The van der Waals surface area contributed by atoms with E-state index in [4.69, 9.17) is 0 Å². The number of aromatic nitrogens is 4. The lowest BCUT2D eigenvalue weighted by atomic mass is 10.1. The smallest absolute Gasteiger partial charge is 0.257 e. The van der Waals surface area contributed by atoms with E-state index in [9.17, 15) is 18.4 Å². The lowest BCUT2D eigenvalue weighted by Crippen LogP contribution is -2.10.